The Morgan fingerprint density at radius 1 is 1.26 bits per heavy atom. The number of nitrogens with one attached hydrogen (secondary N) is 1. The van der Waals surface area contributed by atoms with Gasteiger partial charge in [-0.15, -0.1) is 11.3 Å². The van der Waals surface area contributed by atoms with Crippen LogP contribution in [-0.4, -0.2) is 21.4 Å². The van der Waals surface area contributed by atoms with Crippen LogP contribution in [0.1, 0.15) is 42.1 Å². The lowest BCUT2D eigenvalue weighted by Crippen LogP contribution is -2.29. The Labute approximate surface area is 165 Å². The number of aromatic nitrogens is 2. The van der Waals surface area contributed by atoms with Gasteiger partial charge in [-0.3, -0.25) is 9.59 Å². The number of amides is 1. The number of carbonyl (C=O) groups is 1. The van der Waals surface area contributed by atoms with E-state index in [1.165, 1.54) is 16.0 Å². The molecule has 0 radical (unpaired) electrons. The van der Waals surface area contributed by atoms with Gasteiger partial charge in [0.25, 0.3) is 11.5 Å². The first-order chi connectivity index (χ1) is 13.0. The second-order valence-corrected chi connectivity index (χ2v) is 7.73. The maximum Gasteiger partial charge on any atom is 0.292 e. The monoisotopic (exact) mass is 402 g/mol. The van der Waals surface area contributed by atoms with Crippen LogP contribution in [0.3, 0.4) is 0 Å². The van der Waals surface area contributed by atoms with E-state index in [1.54, 1.807) is 37.3 Å². The van der Waals surface area contributed by atoms with E-state index < -0.39 is 5.91 Å². The molecule has 0 bridgehead atoms. The molecule has 2 heterocycles. The number of carbonyl (C=O) groups excluding carboxylic acids is 1. The molecule has 0 spiro atoms. The zero-order valence-electron chi connectivity index (χ0n) is 15.0. The van der Waals surface area contributed by atoms with Gasteiger partial charge in [-0.2, -0.15) is 10.2 Å². The Morgan fingerprint density at radius 2 is 2.00 bits per heavy atom. The van der Waals surface area contributed by atoms with Gasteiger partial charge >= 0.3 is 0 Å². The van der Waals surface area contributed by atoms with Gasteiger partial charge in [0, 0.05) is 11.9 Å². The molecule has 0 aliphatic rings. The predicted molar refractivity (Wildman–Crippen MR) is 110 cm³/mol. The largest absolute Gasteiger partial charge is 0.292 e. The molecule has 0 unspecified atom stereocenters. The van der Waals surface area contributed by atoms with Gasteiger partial charge in [-0.1, -0.05) is 43.1 Å². The fourth-order valence-corrected chi connectivity index (χ4v) is 3.60. The summed E-state index contributed by atoms with van der Waals surface area (Å²) in [6.45, 7) is 4.29. The van der Waals surface area contributed by atoms with Crippen molar-refractivity contribution in [3.63, 3.8) is 0 Å². The summed E-state index contributed by atoms with van der Waals surface area (Å²) in [5, 5.41) is 9.43. The Bertz CT molecular complexity index is 1070. The molecule has 2 aromatic heterocycles. The first-order valence-corrected chi connectivity index (χ1v) is 9.81. The number of fused-ring (bicyclic) bond motifs is 1. The summed E-state index contributed by atoms with van der Waals surface area (Å²) in [5.74, 6) is -0.460. The summed E-state index contributed by atoms with van der Waals surface area (Å²) >= 11 is 7.32. The van der Waals surface area contributed by atoms with Crippen LogP contribution < -0.4 is 11.0 Å². The standard InChI is InChI=1S/C19H19ClN4O2S/c1-3-4-11-24-19(26)14-8-6-5-7-13(14)17(23-24)18(25)22-21-12(2)15-9-10-16(20)27-15/h5-10H,3-4,11H2,1-2H3,(H,22,25)/b21-12+. The van der Waals surface area contributed by atoms with Crippen molar-refractivity contribution in [1.29, 1.82) is 0 Å². The third-order valence-electron chi connectivity index (χ3n) is 4.06. The molecular weight excluding hydrogens is 384 g/mol. The highest BCUT2D eigenvalue weighted by molar-refractivity contribution is 7.18. The van der Waals surface area contributed by atoms with Gasteiger partial charge in [0.05, 0.1) is 20.3 Å². The molecular formula is C19H19ClN4O2S. The molecule has 0 saturated carbocycles. The van der Waals surface area contributed by atoms with E-state index in [-0.39, 0.29) is 11.3 Å². The lowest BCUT2D eigenvalue weighted by atomic mass is 10.1. The molecule has 0 aliphatic heterocycles. The van der Waals surface area contributed by atoms with E-state index in [9.17, 15) is 9.59 Å². The van der Waals surface area contributed by atoms with E-state index in [0.29, 0.717) is 27.4 Å². The van der Waals surface area contributed by atoms with E-state index >= 15 is 0 Å². The molecule has 8 heteroatoms. The van der Waals surface area contributed by atoms with Crippen molar-refractivity contribution in [2.24, 2.45) is 5.10 Å². The summed E-state index contributed by atoms with van der Waals surface area (Å²) in [6.07, 6.45) is 1.73. The number of halogens is 1. The topological polar surface area (TPSA) is 76.3 Å². The normalized spacial score (nSPS) is 11.7. The van der Waals surface area contributed by atoms with E-state index in [2.05, 4.69) is 15.6 Å². The van der Waals surface area contributed by atoms with E-state index in [1.807, 2.05) is 13.0 Å². The third-order valence-corrected chi connectivity index (χ3v) is 5.40. The van der Waals surface area contributed by atoms with Crippen LogP contribution >= 0.6 is 22.9 Å². The molecule has 1 N–H and O–H groups in total. The van der Waals surface area contributed by atoms with E-state index in [0.717, 1.165) is 17.7 Å². The average Bonchev–Trinajstić information content (AvgIpc) is 3.12. The third kappa shape index (κ3) is 4.26. The lowest BCUT2D eigenvalue weighted by Gasteiger charge is -2.10. The molecule has 6 nitrogen and oxygen atoms in total. The maximum absolute atomic E-state index is 12.7. The summed E-state index contributed by atoms with van der Waals surface area (Å²) in [5.41, 5.74) is 3.17. The number of benzene rings is 1. The quantitative estimate of drug-likeness (QED) is 0.498. The Hall–Kier alpha value is -2.51. The highest BCUT2D eigenvalue weighted by Gasteiger charge is 2.16. The molecule has 140 valence electrons. The minimum Gasteiger partial charge on any atom is -0.267 e. The average molecular weight is 403 g/mol. The fraction of sp³-hybridized carbons (Fsp3) is 0.263. The minimum absolute atomic E-state index is 0.182. The molecule has 0 saturated heterocycles. The van der Waals surface area contributed by atoms with E-state index in [4.69, 9.17) is 11.6 Å². The molecule has 1 aromatic carbocycles. The summed E-state index contributed by atoms with van der Waals surface area (Å²) in [6, 6.07) is 10.6. The maximum atomic E-state index is 12.7. The van der Waals surface area contributed by atoms with Crippen LogP contribution in [0.15, 0.2) is 46.3 Å². The molecule has 0 fully saturated rings. The number of thiophene rings is 1. The van der Waals surface area contributed by atoms with Crippen molar-refractivity contribution in [2.45, 2.75) is 33.2 Å². The SMILES string of the molecule is CCCCn1nc(C(=O)N/N=C(\C)c2ccc(Cl)s2)c2ccccc2c1=O. The van der Waals surface area contributed by atoms with Crippen LogP contribution in [0.25, 0.3) is 10.8 Å². The number of rotatable bonds is 6. The number of hydrogen-bond donors (Lipinski definition) is 1. The van der Waals surface area contributed by atoms with Gasteiger partial charge in [0.15, 0.2) is 5.69 Å². The van der Waals surface area contributed by atoms with Gasteiger partial charge in [-0.25, -0.2) is 10.1 Å². The number of aryl methyl sites for hydroxylation is 1. The lowest BCUT2D eigenvalue weighted by molar-refractivity contribution is 0.0949. The number of unbranched alkanes of at least 4 members (excludes halogenated alkanes) is 1. The van der Waals surface area contributed by atoms with Crippen molar-refractivity contribution in [3.8, 4) is 0 Å². The van der Waals surface area contributed by atoms with Crippen LogP contribution in [0.2, 0.25) is 4.34 Å². The molecule has 1 amide bonds. The number of hydrazone groups is 1. The summed E-state index contributed by atoms with van der Waals surface area (Å²) < 4.78 is 2.01. The molecule has 0 atom stereocenters. The van der Waals surface area contributed by atoms with Gasteiger partial charge in [0.2, 0.25) is 0 Å². The zero-order chi connectivity index (χ0) is 19.4. The smallest absolute Gasteiger partial charge is 0.267 e. The molecule has 3 rings (SSSR count). The molecule has 27 heavy (non-hydrogen) atoms. The van der Waals surface area contributed by atoms with Crippen molar-refractivity contribution in [1.82, 2.24) is 15.2 Å². The van der Waals surface area contributed by atoms with Crippen LogP contribution in [0.5, 0.6) is 0 Å². The number of nitrogens with zero attached hydrogens (tertiary/aromatic N) is 3. The predicted octanol–water partition coefficient (Wildman–Crippen LogP) is 4.07. The number of hydrogen-bond acceptors (Lipinski definition) is 5. The van der Waals surface area contributed by atoms with Crippen molar-refractivity contribution in [3.05, 3.63) is 61.7 Å². The summed E-state index contributed by atoms with van der Waals surface area (Å²) in [4.78, 5) is 26.2. The highest BCUT2D eigenvalue weighted by atomic mass is 35.5. The van der Waals surface area contributed by atoms with Crippen LogP contribution in [0.4, 0.5) is 0 Å². The Balaban J connectivity index is 1.96. The second-order valence-electron chi connectivity index (χ2n) is 6.02. The Morgan fingerprint density at radius 3 is 2.67 bits per heavy atom. The van der Waals surface area contributed by atoms with Gasteiger partial charge in [-0.05, 0) is 31.5 Å². The first-order valence-electron chi connectivity index (χ1n) is 8.61. The zero-order valence-corrected chi connectivity index (χ0v) is 16.6. The van der Waals surface area contributed by atoms with Gasteiger partial charge in [0.1, 0.15) is 0 Å². The first kappa shape index (κ1) is 19.3. The molecule has 3 aromatic rings. The van der Waals surface area contributed by atoms with Crippen molar-refractivity contribution < 1.29 is 4.79 Å². The minimum atomic E-state index is -0.460. The fourth-order valence-electron chi connectivity index (χ4n) is 2.61. The van der Waals surface area contributed by atoms with Crippen molar-refractivity contribution >= 4 is 45.3 Å². The second kappa shape index (κ2) is 8.45. The highest BCUT2D eigenvalue weighted by Crippen LogP contribution is 2.22. The van der Waals surface area contributed by atoms with Crippen LogP contribution in [0, 0.1) is 0 Å². The van der Waals surface area contributed by atoms with Crippen LogP contribution in [-0.2, 0) is 6.54 Å². The van der Waals surface area contributed by atoms with Crippen molar-refractivity contribution in [2.75, 3.05) is 0 Å². The molecule has 0 aliphatic carbocycles. The summed E-state index contributed by atoms with van der Waals surface area (Å²) in [7, 11) is 0. The Kier molecular flexibility index (Phi) is 6.03. The van der Waals surface area contributed by atoms with Gasteiger partial charge < -0.3 is 0 Å².